The Kier molecular flexibility index (Phi) is 8.06. The molecule has 0 saturated carbocycles. The van der Waals surface area contributed by atoms with Crippen molar-refractivity contribution in [3.8, 4) is 5.75 Å². The van der Waals surface area contributed by atoms with E-state index < -0.39 is 16.8 Å². The number of benzene rings is 3. The summed E-state index contributed by atoms with van der Waals surface area (Å²) in [7, 11) is 0. The molecule has 0 fully saturated rings. The summed E-state index contributed by atoms with van der Waals surface area (Å²) >= 11 is 9.32. The van der Waals surface area contributed by atoms with Crippen molar-refractivity contribution in [3.05, 3.63) is 109 Å². The number of nitrogens with zero attached hydrogens (tertiary/aromatic N) is 2. The number of hydrogen-bond acceptors (Lipinski definition) is 6. The number of nitro benzene ring substituents is 1. The van der Waals surface area contributed by atoms with Crippen LogP contribution in [0.3, 0.4) is 0 Å². The number of halogens is 2. The lowest BCUT2D eigenvalue weighted by molar-refractivity contribution is -0.384. The molecule has 8 nitrogen and oxygen atoms in total. The normalized spacial score (nSPS) is 11.0. The van der Waals surface area contributed by atoms with Crippen LogP contribution in [0.2, 0.25) is 5.02 Å². The average Bonchev–Trinajstić information content (AvgIpc) is 2.80. The van der Waals surface area contributed by atoms with Crippen LogP contribution in [0.5, 0.6) is 5.75 Å². The van der Waals surface area contributed by atoms with Gasteiger partial charge in [0, 0.05) is 38.8 Å². The first-order valence-electron chi connectivity index (χ1n) is 9.35. The molecular formula is C23H15BrClN3O5. The van der Waals surface area contributed by atoms with Crippen LogP contribution in [0.15, 0.2) is 82.4 Å². The van der Waals surface area contributed by atoms with Gasteiger partial charge in [0.15, 0.2) is 0 Å². The van der Waals surface area contributed by atoms with Crippen molar-refractivity contribution in [2.75, 3.05) is 0 Å². The number of hydrogen-bond donors (Lipinski definition) is 1. The molecule has 1 N–H and O–H groups in total. The number of nitrogens with one attached hydrogen (secondary N) is 1. The molecular weight excluding hydrogens is 514 g/mol. The lowest BCUT2D eigenvalue weighted by Gasteiger charge is -2.06. The van der Waals surface area contributed by atoms with Crippen molar-refractivity contribution in [1.82, 2.24) is 5.43 Å². The second kappa shape index (κ2) is 11.2. The summed E-state index contributed by atoms with van der Waals surface area (Å²) in [4.78, 5) is 34.7. The minimum Gasteiger partial charge on any atom is -0.423 e. The molecule has 166 valence electrons. The van der Waals surface area contributed by atoms with Crippen molar-refractivity contribution in [1.29, 1.82) is 0 Å². The molecule has 0 bridgehead atoms. The predicted octanol–water partition coefficient (Wildman–Crippen LogP) is 5.39. The Morgan fingerprint density at radius 2 is 1.85 bits per heavy atom. The van der Waals surface area contributed by atoms with E-state index in [-0.39, 0.29) is 11.4 Å². The third-order valence-corrected chi connectivity index (χ3v) is 4.92. The van der Waals surface area contributed by atoms with Crippen molar-refractivity contribution in [2.24, 2.45) is 5.10 Å². The van der Waals surface area contributed by atoms with Crippen LogP contribution in [0.25, 0.3) is 6.08 Å². The number of hydrazone groups is 1. The lowest BCUT2D eigenvalue weighted by Crippen LogP contribution is -2.17. The van der Waals surface area contributed by atoms with E-state index in [4.69, 9.17) is 16.3 Å². The van der Waals surface area contributed by atoms with Gasteiger partial charge in [0.1, 0.15) is 5.75 Å². The monoisotopic (exact) mass is 527 g/mol. The van der Waals surface area contributed by atoms with Gasteiger partial charge in [0.05, 0.1) is 11.1 Å². The summed E-state index contributed by atoms with van der Waals surface area (Å²) in [5.74, 6) is -0.966. The lowest BCUT2D eigenvalue weighted by atomic mass is 10.2. The largest absolute Gasteiger partial charge is 0.423 e. The first-order chi connectivity index (χ1) is 15.8. The van der Waals surface area contributed by atoms with Crippen molar-refractivity contribution in [2.45, 2.75) is 0 Å². The van der Waals surface area contributed by atoms with Gasteiger partial charge >= 0.3 is 5.97 Å². The summed E-state index contributed by atoms with van der Waals surface area (Å²) < 4.78 is 6.17. The van der Waals surface area contributed by atoms with Gasteiger partial charge in [-0.15, -0.1) is 0 Å². The molecule has 0 radical (unpaired) electrons. The summed E-state index contributed by atoms with van der Waals surface area (Å²) in [6, 6.07) is 17.1. The maximum Gasteiger partial charge on any atom is 0.336 e. The van der Waals surface area contributed by atoms with Crippen LogP contribution in [-0.4, -0.2) is 23.0 Å². The van der Waals surface area contributed by atoms with Gasteiger partial charge in [-0.1, -0.05) is 39.7 Å². The van der Waals surface area contributed by atoms with E-state index in [0.29, 0.717) is 21.7 Å². The van der Waals surface area contributed by atoms with Gasteiger partial charge in [-0.05, 0) is 54.1 Å². The van der Waals surface area contributed by atoms with Gasteiger partial charge in [-0.25, -0.2) is 10.2 Å². The van der Waals surface area contributed by atoms with Crippen molar-refractivity contribution in [3.63, 3.8) is 0 Å². The highest BCUT2D eigenvalue weighted by molar-refractivity contribution is 9.10. The van der Waals surface area contributed by atoms with Crippen molar-refractivity contribution >= 4 is 57.4 Å². The number of non-ortho nitro benzene ring substituents is 1. The number of nitro groups is 1. The molecule has 3 rings (SSSR count). The Labute approximate surface area is 201 Å². The minimum absolute atomic E-state index is 0.0908. The van der Waals surface area contributed by atoms with Gasteiger partial charge in [-0.3, -0.25) is 14.9 Å². The van der Waals surface area contributed by atoms with Gasteiger partial charge < -0.3 is 4.74 Å². The molecule has 0 spiro atoms. The van der Waals surface area contributed by atoms with Crippen LogP contribution in [-0.2, 0) is 4.79 Å². The highest BCUT2D eigenvalue weighted by Gasteiger charge is 2.09. The van der Waals surface area contributed by atoms with Gasteiger partial charge in [-0.2, -0.15) is 5.10 Å². The Hall–Kier alpha value is -3.82. The standard InChI is InChI=1S/C23H15BrClN3O5/c24-18-7-5-16(6-8-18)23(30)27-26-14-17-13-19(25)9-10-21(17)33-22(29)11-4-15-2-1-3-20(12-15)28(31)32/h1-14H,(H,27,30)/b11-4+,26-14+. The molecule has 0 aliphatic carbocycles. The second-order valence-electron chi connectivity index (χ2n) is 6.49. The van der Waals surface area contributed by atoms with Crippen LogP contribution in [0.4, 0.5) is 5.69 Å². The highest BCUT2D eigenvalue weighted by Crippen LogP contribution is 2.22. The zero-order valence-electron chi connectivity index (χ0n) is 16.8. The Morgan fingerprint density at radius 1 is 1.09 bits per heavy atom. The second-order valence-corrected chi connectivity index (χ2v) is 7.85. The molecule has 0 aromatic heterocycles. The summed E-state index contributed by atoms with van der Waals surface area (Å²) in [5, 5.41) is 15.1. The fourth-order valence-electron chi connectivity index (χ4n) is 2.59. The maximum atomic E-state index is 12.2. The van der Waals surface area contributed by atoms with E-state index in [1.54, 1.807) is 30.3 Å². The number of rotatable bonds is 7. The molecule has 3 aromatic carbocycles. The van der Waals surface area contributed by atoms with E-state index >= 15 is 0 Å². The van der Waals surface area contributed by atoms with Crippen molar-refractivity contribution < 1.29 is 19.2 Å². The van der Waals surface area contributed by atoms with Crippen LogP contribution in [0, 0.1) is 10.1 Å². The average molecular weight is 529 g/mol. The van der Waals surface area contributed by atoms with E-state index in [1.165, 1.54) is 48.7 Å². The maximum absolute atomic E-state index is 12.2. The molecule has 0 saturated heterocycles. The number of amides is 1. The third-order valence-electron chi connectivity index (χ3n) is 4.15. The quantitative estimate of drug-likeness (QED) is 0.110. The first kappa shape index (κ1) is 23.8. The van der Waals surface area contributed by atoms with Crippen LogP contribution in [0.1, 0.15) is 21.5 Å². The molecule has 0 unspecified atom stereocenters. The van der Waals surface area contributed by atoms with E-state index in [0.717, 1.165) is 10.5 Å². The van der Waals surface area contributed by atoms with E-state index in [9.17, 15) is 19.7 Å². The molecule has 0 atom stereocenters. The Morgan fingerprint density at radius 3 is 2.58 bits per heavy atom. The third kappa shape index (κ3) is 7.09. The molecule has 10 heteroatoms. The Balaban J connectivity index is 1.68. The predicted molar refractivity (Wildman–Crippen MR) is 128 cm³/mol. The topological polar surface area (TPSA) is 111 Å². The number of carbonyl (C=O) groups is 2. The molecule has 3 aromatic rings. The minimum atomic E-state index is -0.711. The summed E-state index contributed by atoms with van der Waals surface area (Å²) in [6.45, 7) is 0. The number of ether oxygens (including phenoxy) is 1. The SMILES string of the molecule is O=C(/C=C/c1cccc([N+](=O)[O-])c1)Oc1ccc(Cl)cc1/C=N/NC(=O)c1ccc(Br)cc1. The number of esters is 1. The highest BCUT2D eigenvalue weighted by atomic mass is 79.9. The molecule has 0 heterocycles. The van der Waals surface area contributed by atoms with Crippen LogP contribution < -0.4 is 10.2 Å². The molecule has 33 heavy (non-hydrogen) atoms. The fourth-order valence-corrected chi connectivity index (χ4v) is 3.03. The Bertz CT molecular complexity index is 1260. The summed E-state index contributed by atoms with van der Waals surface area (Å²) in [6.07, 6.45) is 3.84. The molecule has 0 aliphatic heterocycles. The van der Waals surface area contributed by atoms with Crippen LogP contribution >= 0.6 is 27.5 Å². The first-order valence-corrected chi connectivity index (χ1v) is 10.5. The summed E-state index contributed by atoms with van der Waals surface area (Å²) in [5.41, 5.74) is 3.54. The zero-order chi connectivity index (χ0) is 23.8. The van der Waals surface area contributed by atoms with Gasteiger partial charge in [0.2, 0.25) is 0 Å². The van der Waals surface area contributed by atoms with E-state index in [2.05, 4.69) is 26.5 Å². The number of carbonyl (C=O) groups excluding carboxylic acids is 2. The van der Waals surface area contributed by atoms with E-state index in [1.807, 2.05) is 0 Å². The smallest absolute Gasteiger partial charge is 0.336 e. The molecule has 1 amide bonds. The molecule has 0 aliphatic rings. The fraction of sp³-hybridized carbons (Fsp3) is 0. The zero-order valence-corrected chi connectivity index (χ0v) is 19.1. The van der Waals surface area contributed by atoms with Gasteiger partial charge in [0.25, 0.3) is 11.6 Å².